The van der Waals surface area contributed by atoms with E-state index in [1.165, 1.54) is 17.3 Å². The fourth-order valence-electron chi connectivity index (χ4n) is 1.92. The molecule has 1 N–H and O–H groups in total. The van der Waals surface area contributed by atoms with Gasteiger partial charge >= 0.3 is 0 Å². The summed E-state index contributed by atoms with van der Waals surface area (Å²) in [4.78, 5) is 0.999. The zero-order valence-electron chi connectivity index (χ0n) is 12.9. The van der Waals surface area contributed by atoms with E-state index in [1.807, 2.05) is 24.6 Å². The molecule has 2 rings (SSSR count). The molecule has 114 valence electrons. The molecule has 0 fully saturated rings. The summed E-state index contributed by atoms with van der Waals surface area (Å²) in [5.41, 5.74) is 1.20. The van der Waals surface area contributed by atoms with E-state index in [2.05, 4.69) is 41.5 Å². The van der Waals surface area contributed by atoms with Crippen LogP contribution in [-0.2, 0) is 7.05 Å². The molecule has 0 aliphatic carbocycles. The minimum Gasteiger partial charge on any atom is -0.310 e. The van der Waals surface area contributed by atoms with Gasteiger partial charge in [-0.2, -0.15) is 0 Å². The van der Waals surface area contributed by atoms with E-state index in [0.717, 1.165) is 33.9 Å². The molecule has 1 aromatic carbocycles. The van der Waals surface area contributed by atoms with E-state index in [9.17, 15) is 0 Å². The van der Waals surface area contributed by atoms with Gasteiger partial charge in [0, 0.05) is 18.0 Å². The van der Waals surface area contributed by atoms with E-state index in [0.29, 0.717) is 6.04 Å². The zero-order valence-corrected chi connectivity index (χ0v) is 14.4. The van der Waals surface area contributed by atoms with Crippen molar-refractivity contribution in [1.82, 2.24) is 20.1 Å². The minimum atomic E-state index is 0.304. The number of nitrogens with zero attached hydrogens (tertiary/aromatic N) is 3. The van der Waals surface area contributed by atoms with Gasteiger partial charge in [0.25, 0.3) is 0 Å². The van der Waals surface area contributed by atoms with Crippen LogP contribution in [0.4, 0.5) is 0 Å². The number of halogens is 1. The van der Waals surface area contributed by atoms with Crippen LogP contribution >= 0.6 is 23.4 Å². The first kappa shape index (κ1) is 16.3. The molecule has 0 amide bonds. The van der Waals surface area contributed by atoms with Crippen LogP contribution in [0.25, 0.3) is 0 Å². The minimum absolute atomic E-state index is 0.304. The Kier molecular flexibility index (Phi) is 5.67. The van der Waals surface area contributed by atoms with E-state index >= 15 is 0 Å². The van der Waals surface area contributed by atoms with E-state index < -0.39 is 0 Å². The van der Waals surface area contributed by atoms with Crippen LogP contribution in [-0.4, -0.2) is 21.3 Å². The molecule has 2 aromatic rings. The quantitative estimate of drug-likeness (QED) is 0.872. The molecule has 0 spiro atoms. The van der Waals surface area contributed by atoms with Gasteiger partial charge in [0.2, 0.25) is 0 Å². The second-order valence-corrected chi connectivity index (χ2v) is 6.47. The highest BCUT2D eigenvalue weighted by atomic mass is 35.5. The maximum absolute atomic E-state index is 6.41. The lowest BCUT2D eigenvalue weighted by molar-refractivity contribution is 0.570. The molecule has 0 saturated carbocycles. The summed E-state index contributed by atoms with van der Waals surface area (Å²) in [7, 11) is 1.96. The lowest BCUT2D eigenvalue weighted by atomic mass is 10.1. The molecule has 0 radical (unpaired) electrons. The summed E-state index contributed by atoms with van der Waals surface area (Å²) in [5.74, 6) is 0.891. The summed E-state index contributed by atoms with van der Waals surface area (Å²) < 4.78 is 1.96. The maximum Gasteiger partial charge on any atom is 0.195 e. The molecular weight excluding hydrogens is 304 g/mol. The first-order valence-electron chi connectivity index (χ1n) is 7.09. The largest absolute Gasteiger partial charge is 0.310 e. The first-order valence-corrected chi connectivity index (χ1v) is 8.29. The van der Waals surface area contributed by atoms with E-state index in [4.69, 9.17) is 11.6 Å². The van der Waals surface area contributed by atoms with Gasteiger partial charge in [-0.3, -0.25) is 0 Å². The lowest BCUT2D eigenvalue weighted by Crippen LogP contribution is -2.19. The molecule has 1 atom stereocenters. The molecule has 21 heavy (non-hydrogen) atoms. The normalized spacial score (nSPS) is 12.6. The molecule has 6 heteroatoms. The Balaban J connectivity index is 2.14. The number of nitrogens with one attached hydrogen (secondary N) is 1. The van der Waals surface area contributed by atoms with Crippen molar-refractivity contribution in [3.8, 4) is 0 Å². The molecule has 4 nitrogen and oxygen atoms in total. The summed E-state index contributed by atoms with van der Waals surface area (Å²) in [6.45, 7) is 7.26. The van der Waals surface area contributed by atoms with Gasteiger partial charge in [0.05, 0.1) is 5.02 Å². The number of rotatable bonds is 6. The van der Waals surface area contributed by atoms with Crippen molar-refractivity contribution >= 4 is 23.4 Å². The Morgan fingerprint density at radius 1 is 1.38 bits per heavy atom. The van der Waals surface area contributed by atoms with Gasteiger partial charge in [-0.25, -0.2) is 0 Å². The fourth-order valence-corrected chi connectivity index (χ4v) is 3.07. The Bertz CT molecular complexity index is 612. The highest BCUT2D eigenvalue weighted by Gasteiger charge is 2.12. The van der Waals surface area contributed by atoms with Crippen molar-refractivity contribution in [3.05, 3.63) is 34.6 Å². The Morgan fingerprint density at radius 2 is 2.14 bits per heavy atom. The molecular formula is C15H21ClN4S. The Labute approximate surface area is 135 Å². The molecule has 0 aliphatic rings. The second-order valence-electron chi connectivity index (χ2n) is 5.06. The average Bonchev–Trinajstić information content (AvgIpc) is 2.78. The van der Waals surface area contributed by atoms with Crippen molar-refractivity contribution in [2.75, 3.05) is 6.54 Å². The molecule has 1 unspecified atom stereocenters. The number of benzene rings is 1. The smallest absolute Gasteiger partial charge is 0.195 e. The van der Waals surface area contributed by atoms with Crippen LogP contribution in [0.2, 0.25) is 5.02 Å². The van der Waals surface area contributed by atoms with Crippen molar-refractivity contribution in [3.63, 3.8) is 0 Å². The third kappa shape index (κ3) is 3.99. The topological polar surface area (TPSA) is 42.7 Å². The SMILES string of the molecule is CCCNC(C)c1ccc(Sc2nnc(C)n2C)c(Cl)c1. The third-order valence-electron chi connectivity index (χ3n) is 3.41. The number of aryl methyl sites for hydroxylation is 1. The monoisotopic (exact) mass is 324 g/mol. The van der Waals surface area contributed by atoms with E-state index in [-0.39, 0.29) is 0 Å². The summed E-state index contributed by atoms with van der Waals surface area (Å²) >= 11 is 7.95. The predicted octanol–water partition coefficient (Wildman–Crippen LogP) is 3.99. The second kappa shape index (κ2) is 7.29. The summed E-state index contributed by atoms with van der Waals surface area (Å²) in [6, 6.07) is 6.50. The van der Waals surface area contributed by atoms with Gasteiger partial charge in [0.1, 0.15) is 5.82 Å². The van der Waals surface area contributed by atoms with Crippen LogP contribution in [0, 0.1) is 6.92 Å². The Morgan fingerprint density at radius 3 is 2.71 bits per heavy atom. The predicted molar refractivity (Wildman–Crippen MR) is 88.0 cm³/mol. The van der Waals surface area contributed by atoms with Gasteiger partial charge in [-0.15, -0.1) is 10.2 Å². The molecule has 0 saturated heterocycles. The van der Waals surface area contributed by atoms with Gasteiger partial charge in [0.15, 0.2) is 5.16 Å². The van der Waals surface area contributed by atoms with Gasteiger partial charge in [-0.1, -0.05) is 24.6 Å². The van der Waals surface area contributed by atoms with Crippen molar-refractivity contribution in [2.45, 2.75) is 43.3 Å². The fraction of sp³-hybridized carbons (Fsp3) is 0.467. The molecule has 0 bridgehead atoms. The van der Waals surface area contributed by atoms with Crippen LogP contribution in [0.3, 0.4) is 0 Å². The van der Waals surface area contributed by atoms with Crippen LogP contribution < -0.4 is 5.32 Å². The Hall–Kier alpha value is -1.04. The first-order chi connectivity index (χ1) is 10.0. The molecule has 1 aromatic heterocycles. The van der Waals surface area contributed by atoms with Gasteiger partial charge in [-0.05, 0) is 56.3 Å². The van der Waals surface area contributed by atoms with Crippen LogP contribution in [0.15, 0.2) is 28.3 Å². The summed E-state index contributed by atoms with van der Waals surface area (Å²) in [6.07, 6.45) is 1.12. The highest BCUT2D eigenvalue weighted by molar-refractivity contribution is 7.99. The van der Waals surface area contributed by atoms with Crippen LogP contribution in [0.5, 0.6) is 0 Å². The summed E-state index contributed by atoms with van der Waals surface area (Å²) in [5, 5.41) is 13.3. The van der Waals surface area contributed by atoms with E-state index in [1.54, 1.807) is 0 Å². The average molecular weight is 325 g/mol. The highest BCUT2D eigenvalue weighted by Crippen LogP contribution is 2.33. The van der Waals surface area contributed by atoms with Crippen LogP contribution in [0.1, 0.15) is 37.7 Å². The number of aromatic nitrogens is 3. The number of hydrogen-bond acceptors (Lipinski definition) is 4. The maximum atomic E-state index is 6.41. The van der Waals surface area contributed by atoms with Crippen molar-refractivity contribution in [1.29, 1.82) is 0 Å². The van der Waals surface area contributed by atoms with Crippen molar-refractivity contribution < 1.29 is 0 Å². The molecule has 0 aliphatic heterocycles. The van der Waals surface area contributed by atoms with Crippen molar-refractivity contribution in [2.24, 2.45) is 7.05 Å². The zero-order chi connectivity index (χ0) is 15.4. The third-order valence-corrected chi connectivity index (χ3v) is 4.95. The molecule has 1 heterocycles. The standard InChI is InChI=1S/C15H21ClN4S/c1-5-8-17-10(2)12-6-7-14(13(16)9-12)21-15-19-18-11(3)20(15)4/h6-7,9-10,17H,5,8H2,1-4H3. The van der Waals surface area contributed by atoms with Gasteiger partial charge < -0.3 is 9.88 Å². The lowest BCUT2D eigenvalue weighted by Gasteiger charge is -2.15. The number of hydrogen-bond donors (Lipinski definition) is 1.